The quantitative estimate of drug-likeness (QED) is 0.649. The molecule has 1 aromatic carbocycles. The molecule has 2 heterocycles. The molecule has 0 saturated carbocycles. The van der Waals surface area contributed by atoms with E-state index in [1.54, 1.807) is 0 Å². The molecule has 0 aromatic heterocycles. The van der Waals surface area contributed by atoms with Gasteiger partial charge in [0.25, 0.3) is 0 Å². The third kappa shape index (κ3) is 1.84. The summed E-state index contributed by atoms with van der Waals surface area (Å²) in [5.41, 5.74) is 2.40. The molecule has 0 spiro atoms. The van der Waals surface area contributed by atoms with Crippen LogP contribution in [0.3, 0.4) is 0 Å². The Morgan fingerprint density at radius 1 is 1.31 bits per heavy atom. The maximum absolute atomic E-state index is 6.07. The number of fused-ring (bicyclic) bond motifs is 2. The monoisotopic (exact) mass is 346 g/mol. The summed E-state index contributed by atoms with van der Waals surface area (Å²) < 4.78 is 1.23. The van der Waals surface area contributed by atoms with E-state index in [0.29, 0.717) is 0 Å². The highest BCUT2D eigenvalue weighted by Crippen LogP contribution is 2.35. The van der Waals surface area contributed by atoms with E-state index >= 15 is 0 Å². The van der Waals surface area contributed by atoms with Gasteiger partial charge in [0.15, 0.2) is 0 Å². The van der Waals surface area contributed by atoms with Gasteiger partial charge >= 0.3 is 0 Å². The van der Waals surface area contributed by atoms with Crippen LogP contribution in [0.25, 0.3) is 0 Å². The molecule has 4 heteroatoms. The van der Waals surface area contributed by atoms with Crippen LogP contribution in [0.15, 0.2) is 17.1 Å². The number of aliphatic imine (C=N–C) groups is 1. The molecule has 1 saturated heterocycles. The van der Waals surface area contributed by atoms with Crippen molar-refractivity contribution in [3.63, 3.8) is 0 Å². The smallest absolute Gasteiger partial charge is 0.105 e. The van der Waals surface area contributed by atoms with Crippen LogP contribution in [-0.2, 0) is 6.54 Å². The van der Waals surface area contributed by atoms with Crippen molar-refractivity contribution in [3.05, 3.63) is 26.3 Å². The number of benzene rings is 1. The van der Waals surface area contributed by atoms with Crippen molar-refractivity contribution < 1.29 is 0 Å². The Labute approximate surface area is 114 Å². The van der Waals surface area contributed by atoms with Crippen LogP contribution in [0, 0.1) is 3.57 Å². The first-order valence-corrected chi connectivity index (χ1v) is 7.00. The van der Waals surface area contributed by atoms with Gasteiger partial charge < -0.3 is 4.90 Å². The van der Waals surface area contributed by atoms with E-state index in [1.165, 1.54) is 27.8 Å². The molecule has 16 heavy (non-hydrogen) atoms. The van der Waals surface area contributed by atoms with Crippen LogP contribution in [0.5, 0.6) is 0 Å². The molecule has 3 rings (SSSR count). The van der Waals surface area contributed by atoms with Crippen molar-refractivity contribution >= 4 is 45.7 Å². The Bertz CT molecular complexity index is 470. The molecular weight excluding hydrogens is 335 g/mol. The molecular formula is C12H12ClIN2. The van der Waals surface area contributed by atoms with Gasteiger partial charge in [-0.2, -0.15) is 0 Å². The van der Waals surface area contributed by atoms with Gasteiger partial charge in [-0.05, 0) is 47.6 Å². The molecule has 0 bridgehead atoms. The SMILES string of the molecule is Clc1cc(I)c2c(c1)N=C1CCCCN1C2. The summed E-state index contributed by atoms with van der Waals surface area (Å²) >= 11 is 8.42. The van der Waals surface area contributed by atoms with Crippen molar-refractivity contribution in [1.29, 1.82) is 0 Å². The fourth-order valence-electron chi connectivity index (χ4n) is 2.35. The zero-order valence-corrected chi connectivity index (χ0v) is 11.8. The number of hydrogen-bond acceptors (Lipinski definition) is 2. The molecule has 0 atom stereocenters. The highest BCUT2D eigenvalue weighted by atomic mass is 127. The number of amidine groups is 1. The summed E-state index contributed by atoms with van der Waals surface area (Å²) in [6.07, 6.45) is 3.67. The van der Waals surface area contributed by atoms with E-state index in [1.807, 2.05) is 12.1 Å². The van der Waals surface area contributed by atoms with Crippen LogP contribution < -0.4 is 0 Å². The van der Waals surface area contributed by atoms with Gasteiger partial charge in [-0.15, -0.1) is 0 Å². The summed E-state index contributed by atoms with van der Waals surface area (Å²) in [5.74, 6) is 1.25. The number of nitrogens with zero attached hydrogens (tertiary/aromatic N) is 2. The number of rotatable bonds is 0. The highest BCUT2D eigenvalue weighted by Gasteiger charge is 2.23. The Hall–Kier alpha value is -0.290. The summed E-state index contributed by atoms with van der Waals surface area (Å²) in [7, 11) is 0. The Kier molecular flexibility index (Phi) is 2.83. The average molecular weight is 347 g/mol. The molecule has 0 unspecified atom stereocenters. The second-order valence-electron chi connectivity index (χ2n) is 4.29. The first-order chi connectivity index (χ1) is 7.74. The standard InChI is InChI=1S/C12H12ClIN2/c13-8-5-10(14)9-7-16-4-2-1-3-12(16)15-11(9)6-8/h5-6H,1-4,7H2. The molecule has 0 aliphatic carbocycles. The van der Waals surface area contributed by atoms with E-state index in [2.05, 4.69) is 27.5 Å². The minimum absolute atomic E-state index is 0.789. The van der Waals surface area contributed by atoms with Crippen molar-refractivity contribution in [2.24, 2.45) is 4.99 Å². The predicted molar refractivity (Wildman–Crippen MR) is 75.5 cm³/mol. The van der Waals surface area contributed by atoms with Crippen molar-refractivity contribution in [1.82, 2.24) is 4.90 Å². The molecule has 84 valence electrons. The normalized spacial score (nSPS) is 18.9. The Morgan fingerprint density at radius 2 is 2.19 bits per heavy atom. The van der Waals surface area contributed by atoms with Gasteiger partial charge in [0.2, 0.25) is 0 Å². The zero-order valence-electron chi connectivity index (χ0n) is 8.84. The lowest BCUT2D eigenvalue weighted by Crippen LogP contribution is -2.36. The Balaban J connectivity index is 2.09. The van der Waals surface area contributed by atoms with E-state index in [0.717, 1.165) is 30.2 Å². The molecule has 0 amide bonds. The van der Waals surface area contributed by atoms with Gasteiger partial charge in [-0.1, -0.05) is 11.6 Å². The lowest BCUT2D eigenvalue weighted by atomic mass is 10.0. The maximum Gasteiger partial charge on any atom is 0.105 e. The van der Waals surface area contributed by atoms with Crippen molar-refractivity contribution in [3.8, 4) is 0 Å². The second kappa shape index (κ2) is 4.18. The number of halogens is 2. The number of piperidine rings is 1. The van der Waals surface area contributed by atoms with E-state index in [-0.39, 0.29) is 0 Å². The van der Waals surface area contributed by atoms with Crippen LogP contribution in [0.1, 0.15) is 24.8 Å². The van der Waals surface area contributed by atoms with Crippen LogP contribution in [0.4, 0.5) is 5.69 Å². The zero-order chi connectivity index (χ0) is 11.1. The van der Waals surface area contributed by atoms with Gasteiger partial charge in [-0.25, -0.2) is 4.99 Å². The van der Waals surface area contributed by atoms with Crippen LogP contribution in [-0.4, -0.2) is 17.3 Å². The minimum atomic E-state index is 0.789. The van der Waals surface area contributed by atoms with E-state index < -0.39 is 0 Å². The topological polar surface area (TPSA) is 15.6 Å². The third-order valence-corrected chi connectivity index (χ3v) is 4.36. The first kappa shape index (κ1) is 10.8. The fourth-order valence-corrected chi connectivity index (χ4v) is 3.52. The minimum Gasteiger partial charge on any atom is -0.356 e. The fraction of sp³-hybridized carbons (Fsp3) is 0.417. The lowest BCUT2D eigenvalue weighted by Gasteiger charge is -2.34. The molecule has 2 aliphatic heterocycles. The summed E-state index contributed by atoms with van der Waals surface area (Å²) in [4.78, 5) is 7.15. The van der Waals surface area contributed by atoms with Gasteiger partial charge in [-0.3, -0.25) is 0 Å². The van der Waals surface area contributed by atoms with E-state index in [9.17, 15) is 0 Å². The summed E-state index contributed by atoms with van der Waals surface area (Å²) in [6.45, 7) is 2.15. The second-order valence-corrected chi connectivity index (χ2v) is 5.89. The molecule has 1 fully saturated rings. The van der Waals surface area contributed by atoms with Gasteiger partial charge in [0, 0.05) is 33.7 Å². The van der Waals surface area contributed by atoms with Crippen molar-refractivity contribution in [2.75, 3.05) is 6.54 Å². The molecule has 1 aromatic rings. The van der Waals surface area contributed by atoms with Crippen molar-refractivity contribution in [2.45, 2.75) is 25.8 Å². The average Bonchev–Trinajstić information content (AvgIpc) is 2.27. The molecule has 2 aliphatic rings. The van der Waals surface area contributed by atoms with Crippen LogP contribution >= 0.6 is 34.2 Å². The molecule has 2 nitrogen and oxygen atoms in total. The third-order valence-electron chi connectivity index (χ3n) is 3.18. The Morgan fingerprint density at radius 3 is 3.06 bits per heavy atom. The summed E-state index contributed by atoms with van der Waals surface area (Å²) in [5, 5.41) is 0.789. The highest BCUT2D eigenvalue weighted by molar-refractivity contribution is 14.1. The largest absolute Gasteiger partial charge is 0.356 e. The maximum atomic E-state index is 6.07. The van der Waals surface area contributed by atoms with Gasteiger partial charge in [0.05, 0.1) is 5.69 Å². The predicted octanol–water partition coefficient (Wildman–Crippen LogP) is 3.97. The first-order valence-electron chi connectivity index (χ1n) is 5.54. The summed E-state index contributed by atoms with van der Waals surface area (Å²) in [6, 6.07) is 4.00. The molecule has 0 radical (unpaired) electrons. The lowest BCUT2D eigenvalue weighted by molar-refractivity contribution is 0.358. The van der Waals surface area contributed by atoms with Crippen LogP contribution in [0.2, 0.25) is 5.02 Å². The molecule has 0 N–H and O–H groups in total. The van der Waals surface area contributed by atoms with Gasteiger partial charge in [0.1, 0.15) is 5.84 Å². The van der Waals surface area contributed by atoms with E-state index in [4.69, 9.17) is 16.6 Å². The number of hydrogen-bond donors (Lipinski definition) is 0.